The van der Waals surface area contributed by atoms with Crippen LogP contribution >= 0.6 is 0 Å². The van der Waals surface area contributed by atoms with Gasteiger partial charge in [0.25, 0.3) is 0 Å². The Morgan fingerprint density at radius 2 is 2.29 bits per heavy atom. The third kappa shape index (κ3) is 4.13. The maximum atomic E-state index is 11.9. The molecule has 7 heteroatoms. The number of carbonyl (C=O) groups excluding carboxylic acids is 1. The summed E-state index contributed by atoms with van der Waals surface area (Å²) in [6.45, 7) is 4.27. The van der Waals surface area contributed by atoms with Crippen LogP contribution in [-0.4, -0.2) is 33.1 Å². The van der Waals surface area contributed by atoms with Crippen LogP contribution in [0.2, 0.25) is 0 Å². The van der Waals surface area contributed by atoms with Crippen molar-refractivity contribution in [1.82, 2.24) is 25.9 Å². The largest absolute Gasteiger partial charge is 0.493 e. The van der Waals surface area contributed by atoms with Crippen LogP contribution < -0.4 is 10.1 Å². The summed E-state index contributed by atoms with van der Waals surface area (Å²) in [6.07, 6.45) is 3.16. The third-order valence-electron chi connectivity index (χ3n) is 2.74. The fraction of sp³-hybridized carbons (Fsp3) is 0.286. The van der Waals surface area contributed by atoms with Gasteiger partial charge in [0.1, 0.15) is 5.75 Å². The summed E-state index contributed by atoms with van der Waals surface area (Å²) in [5.74, 6) is 0.945. The molecule has 0 fully saturated rings. The summed E-state index contributed by atoms with van der Waals surface area (Å²) in [5, 5.41) is 16.2. The van der Waals surface area contributed by atoms with Gasteiger partial charge in [-0.3, -0.25) is 4.79 Å². The Kier molecular flexibility index (Phi) is 5.03. The Bertz CT molecular complexity index is 610. The summed E-state index contributed by atoms with van der Waals surface area (Å²) in [4.78, 5) is 11.9. The molecule has 1 unspecified atom stereocenters. The highest BCUT2D eigenvalue weighted by Gasteiger charge is 2.11. The Hall–Kier alpha value is -2.70. The van der Waals surface area contributed by atoms with Crippen LogP contribution in [0.4, 0.5) is 0 Å². The van der Waals surface area contributed by atoms with Crippen molar-refractivity contribution in [3.8, 4) is 5.75 Å². The number of nitrogens with zero attached hydrogens (tertiary/aromatic N) is 3. The van der Waals surface area contributed by atoms with E-state index in [9.17, 15) is 4.79 Å². The summed E-state index contributed by atoms with van der Waals surface area (Å²) in [7, 11) is 0. The lowest BCUT2D eigenvalue weighted by atomic mass is 10.2. The van der Waals surface area contributed by atoms with Crippen molar-refractivity contribution in [3.63, 3.8) is 0 Å². The Morgan fingerprint density at radius 3 is 3.00 bits per heavy atom. The molecular formula is C14H17N5O2. The van der Waals surface area contributed by atoms with Gasteiger partial charge in [0, 0.05) is 11.6 Å². The first-order chi connectivity index (χ1) is 10.2. The number of rotatable bonds is 6. The standard InChI is InChI=1S/C14H17N5O2/c1-3-21-12-7-5-4-6-11(12)8-9-13(20)15-10(2)14-16-18-19-17-14/h4-10H,3H2,1-2H3,(H,15,20)(H,16,17,18,19). The number of H-pyrrole nitrogens is 1. The molecule has 1 heterocycles. The van der Waals surface area contributed by atoms with Crippen molar-refractivity contribution in [1.29, 1.82) is 0 Å². The topological polar surface area (TPSA) is 92.8 Å². The molecule has 110 valence electrons. The SMILES string of the molecule is CCOc1ccccc1C=CC(=O)NC(C)c1nn[nH]n1. The number of para-hydroxylation sites is 1. The van der Waals surface area contributed by atoms with E-state index in [2.05, 4.69) is 25.9 Å². The normalized spacial score (nSPS) is 12.3. The number of carbonyl (C=O) groups is 1. The molecular weight excluding hydrogens is 270 g/mol. The van der Waals surface area contributed by atoms with Crippen LogP contribution in [0.5, 0.6) is 5.75 Å². The first-order valence-electron chi connectivity index (χ1n) is 6.64. The van der Waals surface area contributed by atoms with E-state index in [4.69, 9.17) is 4.74 Å². The predicted molar refractivity (Wildman–Crippen MR) is 77.4 cm³/mol. The van der Waals surface area contributed by atoms with E-state index in [1.165, 1.54) is 6.08 Å². The second-order valence-electron chi connectivity index (χ2n) is 4.30. The molecule has 0 bridgehead atoms. The van der Waals surface area contributed by atoms with Crippen LogP contribution in [0.25, 0.3) is 6.08 Å². The summed E-state index contributed by atoms with van der Waals surface area (Å²) in [5.41, 5.74) is 0.849. The van der Waals surface area contributed by atoms with E-state index >= 15 is 0 Å². The van der Waals surface area contributed by atoms with Gasteiger partial charge in [-0.05, 0) is 26.0 Å². The van der Waals surface area contributed by atoms with Crippen LogP contribution in [0.1, 0.15) is 31.3 Å². The van der Waals surface area contributed by atoms with Gasteiger partial charge in [0.2, 0.25) is 5.91 Å². The number of tetrazole rings is 1. The molecule has 1 aromatic heterocycles. The molecule has 1 amide bonds. The van der Waals surface area contributed by atoms with Crippen molar-refractivity contribution in [2.24, 2.45) is 0 Å². The van der Waals surface area contributed by atoms with E-state index in [1.54, 1.807) is 13.0 Å². The highest BCUT2D eigenvalue weighted by atomic mass is 16.5. The minimum absolute atomic E-state index is 0.237. The van der Waals surface area contributed by atoms with E-state index in [1.807, 2.05) is 31.2 Å². The Labute approximate surface area is 122 Å². The molecule has 0 aliphatic rings. The first-order valence-corrected chi connectivity index (χ1v) is 6.64. The quantitative estimate of drug-likeness (QED) is 0.785. The molecule has 1 aromatic carbocycles. The average molecular weight is 287 g/mol. The zero-order chi connectivity index (χ0) is 15.1. The number of hydrogen-bond donors (Lipinski definition) is 2. The minimum atomic E-state index is -0.317. The highest BCUT2D eigenvalue weighted by Crippen LogP contribution is 2.19. The van der Waals surface area contributed by atoms with Gasteiger partial charge in [0.15, 0.2) is 5.82 Å². The van der Waals surface area contributed by atoms with E-state index in [0.29, 0.717) is 12.4 Å². The molecule has 2 aromatic rings. The molecule has 1 atom stereocenters. The maximum Gasteiger partial charge on any atom is 0.244 e. The summed E-state index contributed by atoms with van der Waals surface area (Å²) in [6, 6.07) is 7.21. The van der Waals surface area contributed by atoms with Crippen LogP contribution in [0.3, 0.4) is 0 Å². The molecule has 0 radical (unpaired) electrons. The molecule has 21 heavy (non-hydrogen) atoms. The van der Waals surface area contributed by atoms with Gasteiger partial charge in [0.05, 0.1) is 12.6 Å². The van der Waals surface area contributed by atoms with Crippen LogP contribution in [-0.2, 0) is 4.79 Å². The average Bonchev–Trinajstić information content (AvgIpc) is 3.01. The summed E-state index contributed by atoms with van der Waals surface area (Å²) >= 11 is 0. The third-order valence-corrected chi connectivity index (χ3v) is 2.74. The lowest BCUT2D eigenvalue weighted by Crippen LogP contribution is -2.25. The van der Waals surface area contributed by atoms with Gasteiger partial charge >= 0.3 is 0 Å². The van der Waals surface area contributed by atoms with Gasteiger partial charge in [-0.25, -0.2) is 0 Å². The molecule has 0 saturated carbocycles. The molecule has 0 aliphatic heterocycles. The van der Waals surface area contributed by atoms with Crippen molar-refractivity contribution in [2.45, 2.75) is 19.9 Å². The van der Waals surface area contributed by atoms with E-state index < -0.39 is 0 Å². The molecule has 0 spiro atoms. The van der Waals surface area contributed by atoms with Gasteiger partial charge < -0.3 is 10.1 Å². The Balaban J connectivity index is 1.99. The highest BCUT2D eigenvalue weighted by molar-refractivity contribution is 5.92. The summed E-state index contributed by atoms with van der Waals surface area (Å²) < 4.78 is 5.49. The van der Waals surface area contributed by atoms with Gasteiger partial charge in [-0.1, -0.05) is 23.4 Å². The van der Waals surface area contributed by atoms with Crippen LogP contribution in [0, 0.1) is 0 Å². The van der Waals surface area contributed by atoms with Crippen molar-refractivity contribution in [3.05, 3.63) is 41.7 Å². The zero-order valence-corrected chi connectivity index (χ0v) is 11.9. The first kappa shape index (κ1) is 14.7. The molecule has 2 N–H and O–H groups in total. The van der Waals surface area contributed by atoms with Crippen molar-refractivity contribution < 1.29 is 9.53 Å². The fourth-order valence-corrected chi connectivity index (χ4v) is 1.75. The molecule has 0 aliphatic carbocycles. The number of ether oxygens (including phenoxy) is 1. The molecule has 2 rings (SSSR count). The number of hydrogen-bond acceptors (Lipinski definition) is 5. The predicted octanol–water partition coefficient (Wildman–Crippen LogP) is 1.49. The molecule has 0 saturated heterocycles. The lowest BCUT2D eigenvalue weighted by Gasteiger charge is -2.08. The zero-order valence-electron chi connectivity index (χ0n) is 11.9. The van der Waals surface area contributed by atoms with Crippen LogP contribution in [0.15, 0.2) is 30.3 Å². The fourth-order valence-electron chi connectivity index (χ4n) is 1.75. The monoisotopic (exact) mass is 287 g/mol. The lowest BCUT2D eigenvalue weighted by molar-refractivity contribution is -0.117. The van der Waals surface area contributed by atoms with Gasteiger partial charge in [-0.15, -0.1) is 10.2 Å². The second kappa shape index (κ2) is 7.18. The number of amides is 1. The van der Waals surface area contributed by atoms with Gasteiger partial charge in [-0.2, -0.15) is 5.21 Å². The molecule has 7 nitrogen and oxygen atoms in total. The number of benzene rings is 1. The maximum absolute atomic E-state index is 11.9. The number of aromatic nitrogens is 4. The number of aromatic amines is 1. The van der Waals surface area contributed by atoms with Crippen molar-refractivity contribution >= 4 is 12.0 Å². The Morgan fingerprint density at radius 1 is 1.48 bits per heavy atom. The number of nitrogens with one attached hydrogen (secondary N) is 2. The van der Waals surface area contributed by atoms with Crippen molar-refractivity contribution in [2.75, 3.05) is 6.61 Å². The minimum Gasteiger partial charge on any atom is -0.493 e. The van der Waals surface area contributed by atoms with E-state index in [-0.39, 0.29) is 11.9 Å². The smallest absolute Gasteiger partial charge is 0.244 e. The van der Waals surface area contributed by atoms with E-state index in [0.717, 1.165) is 11.3 Å². The second-order valence-corrected chi connectivity index (χ2v) is 4.30.